The third-order valence-electron chi connectivity index (χ3n) is 2.42. The molecule has 1 heteroatoms. The highest BCUT2D eigenvalue weighted by Gasteiger charge is 2.20. The Morgan fingerprint density at radius 3 is 2.33 bits per heavy atom. The van der Waals surface area contributed by atoms with Crippen LogP contribution in [0.5, 0.6) is 0 Å². The second-order valence-electron chi connectivity index (χ2n) is 3.25. The van der Waals surface area contributed by atoms with Crippen LogP contribution in [0.4, 0.5) is 0 Å². The molecule has 0 aromatic heterocycles. The summed E-state index contributed by atoms with van der Waals surface area (Å²) < 4.78 is 5.59. The molecule has 0 fully saturated rings. The lowest BCUT2D eigenvalue weighted by Crippen LogP contribution is -2.11. The average molecular weight is 162 g/mol. The summed E-state index contributed by atoms with van der Waals surface area (Å²) >= 11 is 0. The Balaban J connectivity index is 2.11. The van der Waals surface area contributed by atoms with Crippen LogP contribution in [-0.2, 0) is 17.6 Å². The molecule has 0 spiro atoms. The first-order valence-electron chi connectivity index (χ1n) is 4.58. The Morgan fingerprint density at radius 1 is 1.25 bits per heavy atom. The molecule has 1 nitrogen and oxygen atoms in total. The molecular weight excluding hydrogens is 148 g/mol. The first kappa shape index (κ1) is 7.81. The maximum atomic E-state index is 5.59. The van der Waals surface area contributed by atoms with E-state index in [-0.39, 0.29) is 0 Å². The molecule has 0 saturated carbocycles. The van der Waals surface area contributed by atoms with E-state index in [9.17, 15) is 0 Å². The third kappa shape index (κ3) is 1.37. The summed E-state index contributed by atoms with van der Waals surface area (Å²) in [6.45, 7) is 2.89. The molecule has 0 unspecified atom stereocenters. The van der Waals surface area contributed by atoms with E-state index >= 15 is 0 Å². The fraction of sp³-hybridized carbons (Fsp3) is 0.455. The van der Waals surface area contributed by atoms with Crippen molar-refractivity contribution in [3.05, 3.63) is 35.4 Å². The van der Waals surface area contributed by atoms with Crippen molar-refractivity contribution in [1.29, 1.82) is 0 Å². The van der Waals surface area contributed by atoms with Gasteiger partial charge in [0.05, 0.1) is 6.10 Å². The minimum atomic E-state index is 0.437. The molecule has 0 aliphatic heterocycles. The van der Waals surface area contributed by atoms with Gasteiger partial charge >= 0.3 is 0 Å². The van der Waals surface area contributed by atoms with Gasteiger partial charge in [-0.1, -0.05) is 24.3 Å². The predicted molar refractivity (Wildman–Crippen MR) is 49.3 cm³/mol. The minimum Gasteiger partial charge on any atom is -0.378 e. The zero-order valence-electron chi connectivity index (χ0n) is 7.42. The first-order chi connectivity index (χ1) is 5.90. The monoisotopic (exact) mass is 162 g/mol. The predicted octanol–water partition coefficient (Wildman–Crippen LogP) is 2.19. The van der Waals surface area contributed by atoms with E-state index in [1.54, 1.807) is 0 Å². The molecular formula is C11H14O. The highest BCUT2D eigenvalue weighted by Crippen LogP contribution is 2.23. The largest absolute Gasteiger partial charge is 0.378 e. The quantitative estimate of drug-likeness (QED) is 0.647. The van der Waals surface area contributed by atoms with Crippen LogP contribution in [0.3, 0.4) is 0 Å². The Morgan fingerprint density at radius 2 is 1.83 bits per heavy atom. The first-order valence-corrected chi connectivity index (χ1v) is 4.58. The number of benzene rings is 1. The second kappa shape index (κ2) is 3.28. The average Bonchev–Trinajstić information content (AvgIpc) is 2.47. The molecule has 0 amide bonds. The van der Waals surface area contributed by atoms with Gasteiger partial charge in [-0.05, 0) is 30.9 Å². The number of fused-ring (bicyclic) bond motifs is 1. The van der Waals surface area contributed by atoms with Gasteiger partial charge in [0.25, 0.3) is 0 Å². The minimum absolute atomic E-state index is 0.437. The van der Waals surface area contributed by atoms with Crippen LogP contribution in [0.1, 0.15) is 18.1 Å². The van der Waals surface area contributed by atoms with Crippen molar-refractivity contribution < 1.29 is 4.74 Å². The number of hydrogen-bond acceptors (Lipinski definition) is 1. The zero-order valence-corrected chi connectivity index (χ0v) is 7.42. The van der Waals surface area contributed by atoms with Gasteiger partial charge in [0, 0.05) is 6.61 Å². The lowest BCUT2D eigenvalue weighted by molar-refractivity contribution is 0.0709. The van der Waals surface area contributed by atoms with Gasteiger partial charge < -0.3 is 4.74 Å². The van der Waals surface area contributed by atoms with Gasteiger partial charge in [0.15, 0.2) is 0 Å². The summed E-state index contributed by atoms with van der Waals surface area (Å²) in [6.07, 6.45) is 2.64. The summed E-state index contributed by atoms with van der Waals surface area (Å²) in [6, 6.07) is 8.61. The lowest BCUT2D eigenvalue weighted by atomic mass is 10.1. The fourth-order valence-electron chi connectivity index (χ4n) is 1.87. The Hall–Kier alpha value is -0.820. The standard InChI is InChI=1S/C11H14O/c1-2-12-11-7-9-5-3-4-6-10(9)8-11/h3-6,11H,2,7-8H2,1H3. The highest BCUT2D eigenvalue weighted by atomic mass is 16.5. The lowest BCUT2D eigenvalue weighted by Gasteiger charge is -2.07. The number of ether oxygens (including phenoxy) is 1. The van der Waals surface area contributed by atoms with E-state index in [4.69, 9.17) is 4.74 Å². The van der Waals surface area contributed by atoms with E-state index < -0.39 is 0 Å². The van der Waals surface area contributed by atoms with Gasteiger partial charge in [-0.15, -0.1) is 0 Å². The van der Waals surface area contributed by atoms with E-state index in [1.165, 1.54) is 11.1 Å². The summed E-state index contributed by atoms with van der Waals surface area (Å²) in [4.78, 5) is 0. The Labute approximate surface area is 73.4 Å². The molecule has 0 radical (unpaired) electrons. The molecule has 64 valence electrons. The third-order valence-corrected chi connectivity index (χ3v) is 2.42. The molecule has 1 aromatic carbocycles. The molecule has 0 bridgehead atoms. The zero-order chi connectivity index (χ0) is 8.39. The fourth-order valence-corrected chi connectivity index (χ4v) is 1.87. The van der Waals surface area contributed by atoms with Crippen LogP contribution < -0.4 is 0 Å². The molecule has 0 saturated heterocycles. The molecule has 1 aliphatic rings. The summed E-state index contributed by atoms with van der Waals surface area (Å²) in [7, 11) is 0. The van der Waals surface area contributed by atoms with Crippen molar-refractivity contribution in [3.8, 4) is 0 Å². The van der Waals surface area contributed by atoms with Gasteiger partial charge in [-0.3, -0.25) is 0 Å². The van der Waals surface area contributed by atoms with Gasteiger partial charge in [-0.25, -0.2) is 0 Å². The second-order valence-corrected chi connectivity index (χ2v) is 3.25. The Bertz CT molecular complexity index is 242. The van der Waals surface area contributed by atoms with Crippen molar-refractivity contribution >= 4 is 0 Å². The summed E-state index contributed by atoms with van der Waals surface area (Å²) in [5.74, 6) is 0. The van der Waals surface area contributed by atoms with Crippen molar-refractivity contribution in [2.75, 3.05) is 6.61 Å². The molecule has 1 aliphatic carbocycles. The van der Waals surface area contributed by atoms with E-state index in [0.717, 1.165) is 19.4 Å². The van der Waals surface area contributed by atoms with Crippen LogP contribution in [0.2, 0.25) is 0 Å². The van der Waals surface area contributed by atoms with Crippen LogP contribution in [-0.4, -0.2) is 12.7 Å². The van der Waals surface area contributed by atoms with Crippen molar-refractivity contribution in [3.63, 3.8) is 0 Å². The van der Waals surface area contributed by atoms with Crippen LogP contribution in [0, 0.1) is 0 Å². The molecule has 12 heavy (non-hydrogen) atoms. The molecule has 1 aromatic rings. The Kier molecular flexibility index (Phi) is 2.13. The topological polar surface area (TPSA) is 9.23 Å². The summed E-state index contributed by atoms with van der Waals surface area (Å²) in [5.41, 5.74) is 2.94. The van der Waals surface area contributed by atoms with Gasteiger partial charge in [0.1, 0.15) is 0 Å². The van der Waals surface area contributed by atoms with Gasteiger partial charge in [0.2, 0.25) is 0 Å². The molecule has 0 heterocycles. The maximum Gasteiger partial charge on any atom is 0.0655 e. The number of rotatable bonds is 2. The van der Waals surface area contributed by atoms with Crippen LogP contribution >= 0.6 is 0 Å². The van der Waals surface area contributed by atoms with Crippen molar-refractivity contribution in [1.82, 2.24) is 0 Å². The van der Waals surface area contributed by atoms with E-state index in [1.807, 2.05) is 0 Å². The molecule has 0 N–H and O–H groups in total. The normalized spacial score (nSPS) is 16.4. The van der Waals surface area contributed by atoms with E-state index in [0.29, 0.717) is 6.10 Å². The van der Waals surface area contributed by atoms with Crippen LogP contribution in [0.15, 0.2) is 24.3 Å². The van der Waals surface area contributed by atoms with Crippen LogP contribution in [0.25, 0.3) is 0 Å². The summed E-state index contributed by atoms with van der Waals surface area (Å²) in [5, 5.41) is 0. The van der Waals surface area contributed by atoms with E-state index in [2.05, 4.69) is 31.2 Å². The molecule has 2 rings (SSSR count). The van der Waals surface area contributed by atoms with Crippen molar-refractivity contribution in [2.24, 2.45) is 0 Å². The highest BCUT2D eigenvalue weighted by molar-refractivity contribution is 5.32. The SMILES string of the molecule is CCOC1Cc2ccccc2C1. The van der Waals surface area contributed by atoms with Gasteiger partial charge in [-0.2, -0.15) is 0 Å². The molecule has 0 atom stereocenters. The number of hydrogen-bond donors (Lipinski definition) is 0. The smallest absolute Gasteiger partial charge is 0.0655 e. The maximum absolute atomic E-state index is 5.59. The van der Waals surface area contributed by atoms with Crippen molar-refractivity contribution in [2.45, 2.75) is 25.9 Å².